The third-order valence-corrected chi connectivity index (χ3v) is 4.55. The number of nitrogens with zero attached hydrogens (tertiary/aromatic N) is 4. The zero-order valence-corrected chi connectivity index (χ0v) is 12.4. The molecule has 1 aromatic rings. The summed E-state index contributed by atoms with van der Waals surface area (Å²) in [4.78, 5) is 5.39. The second kappa shape index (κ2) is 5.25. The largest absolute Gasteiger partial charge is 0.298 e. The molecule has 2 saturated heterocycles. The Balaban J connectivity index is 1.61. The number of likely N-dealkylation sites (tertiary alicyclic amines) is 2. The van der Waals surface area contributed by atoms with Crippen molar-refractivity contribution in [1.29, 1.82) is 0 Å². The smallest absolute Gasteiger partial charge is 0.0534 e. The highest BCUT2D eigenvalue weighted by Gasteiger charge is 2.42. The van der Waals surface area contributed by atoms with Crippen LogP contribution >= 0.6 is 0 Å². The maximum absolute atomic E-state index is 4.28. The van der Waals surface area contributed by atoms with E-state index in [4.69, 9.17) is 0 Å². The van der Waals surface area contributed by atoms with E-state index in [2.05, 4.69) is 34.9 Å². The zero-order chi connectivity index (χ0) is 13.4. The van der Waals surface area contributed by atoms with Gasteiger partial charge in [0.15, 0.2) is 0 Å². The van der Waals surface area contributed by atoms with Gasteiger partial charge in [0.25, 0.3) is 0 Å². The van der Waals surface area contributed by atoms with Crippen molar-refractivity contribution >= 4 is 0 Å². The van der Waals surface area contributed by atoms with Crippen LogP contribution in [0.25, 0.3) is 0 Å². The number of hydrogen-bond donors (Lipinski definition) is 0. The molecule has 3 rings (SSSR count). The summed E-state index contributed by atoms with van der Waals surface area (Å²) < 4.78 is 1.91. The molecule has 0 aliphatic carbocycles. The van der Waals surface area contributed by atoms with Crippen molar-refractivity contribution in [2.75, 3.05) is 19.6 Å². The Hall–Kier alpha value is -0.870. The summed E-state index contributed by atoms with van der Waals surface area (Å²) in [7, 11) is 2.00. The van der Waals surface area contributed by atoms with Gasteiger partial charge in [-0.15, -0.1) is 0 Å². The number of aromatic nitrogens is 2. The lowest BCUT2D eigenvalue weighted by Gasteiger charge is -2.26. The Bertz CT molecular complexity index is 426. The fraction of sp³-hybridized carbons (Fsp3) is 0.800. The summed E-state index contributed by atoms with van der Waals surface area (Å²) in [6, 6.07) is 1.58. The molecule has 19 heavy (non-hydrogen) atoms. The van der Waals surface area contributed by atoms with Crippen LogP contribution in [-0.4, -0.2) is 51.3 Å². The average Bonchev–Trinajstić information content (AvgIpc) is 3.00. The van der Waals surface area contributed by atoms with E-state index >= 15 is 0 Å². The lowest BCUT2D eigenvalue weighted by Crippen LogP contribution is -2.37. The van der Waals surface area contributed by atoms with Gasteiger partial charge in [0.05, 0.1) is 6.20 Å². The Morgan fingerprint density at radius 2 is 1.89 bits per heavy atom. The van der Waals surface area contributed by atoms with Crippen molar-refractivity contribution in [2.24, 2.45) is 13.0 Å². The van der Waals surface area contributed by atoms with Gasteiger partial charge in [0.2, 0.25) is 0 Å². The van der Waals surface area contributed by atoms with Gasteiger partial charge in [-0.25, -0.2) is 0 Å². The SMILES string of the molecule is CC(C)CN1CC[C@H]2[C@H]1CCN2Cc1cnn(C)c1. The average molecular weight is 262 g/mol. The predicted octanol–water partition coefficient (Wildman–Crippen LogP) is 1.72. The summed E-state index contributed by atoms with van der Waals surface area (Å²) in [5, 5.41) is 4.28. The van der Waals surface area contributed by atoms with E-state index in [0.29, 0.717) is 0 Å². The highest BCUT2D eigenvalue weighted by molar-refractivity contribution is 5.07. The van der Waals surface area contributed by atoms with Crippen LogP contribution in [0.15, 0.2) is 12.4 Å². The van der Waals surface area contributed by atoms with E-state index in [1.54, 1.807) is 0 Å². The molecule has 3 heterocycles. The monoisotopic (exact) mass is 262 g/mol. The summed E-state index contributed by atoms with van der Waals surface area (Å²) in [5.74, 6) is 0.783. The predicted molar refractivity (Wildman–Crippen MR) is 76.8 cm³/mol. The summed E-state index contributed by atoms with van der Waals surface area (Å²) in [6.07, 6.45) is 6.84. The van der Waals surface area contributed by atoms with Gasteiger partial charge >= 0.3 is 0 Å². The quantitative estimate of drug-likeness (QED) is 0.826. The minimum Gasteiger partial charge on any atom is -0.298 e. The van der Waals surface area contributed by atoms with Gasteiger partial charge in [0, 0.05) is 57.1 Å². The third kappa shape index (κ3) is 2.70. The van der Waals surface area contributed by atoms with Gasteiger partial charge in [0.1, 0.15) is 0 Å². The molecule has 2 fully saturated rings. The first-order valence-corrected chi connectivity index (χ1v) is 7.59. The van der Waals surface area contributed by atoms with Gasteiger partial charge in [-0.2, -0.15) is 5.10 Å². The molecule has 4 nitrogen and oxygen atoms in total. The molecule has 0 saturated carbocycles. The zero-order valence-electron chi connectivity index (χ0n) is 12.4. The first-order valence-electron chi connectivity index (χ1n) is 7.59. The van der Waals surface area contributed by atoms with E-state index in [9.17, 15) is 0 Å². The van der Waals surface area contributed by atoms with E-state index in [1.807, 2.05) is 17.9 Å². The minimum absolute atomic E-state index is 0.777. The first kappa shape index (κ1) is 13.1. The van der Waals surface area contributed by atoms with E-state index < -0.39 is 0 Å². The standard InChI is InChI=1S/C15H26N4/c1-12(2)9-18-6-4-15-14(18)5-7-19(15)11-13-8-16-17(3)10-13/h8,10,12,14-15H,4-7,9,11H2,1-3H3/t14-,15+/m1/s1. The van der Waals surface area contributed by atoms with Crippen molar-refractivity contribution in [2.45, 2.75) is 45.3 Å². The third-order valence-electron chi connectivity index (χ3n) is 4.55. The number of rotatable bonds is 4. The fourth-order valence-corrected chi connectivity index (χ4v) is 3.84. The lowest BCUT2D eigenvalue weighted by molar-refractivity contribution is 0.203. The Morgan fingerprint density at radius 1 is 1.21 bits per heavy atom. The molecule has 0 radical (unpaired) electrons. The Kier molecular flexibility index (Phi) is 3.63. The minimum atomic E-state index is 0.777. The van der Waals surface area contributed by atoms with Crippen molar-refractivity contribution in [1.82, 2.24) is 19.6 Å². The molecule has 0 unspecified atom stereocenters. The molecular weight excluding hydrogens is 236 g/mol. The van der Waals surface area contributed by atoms with E-state index in [0.717, 1.165) is 24.5 Å². The molecule has 2 aliphatic heterocycles. The van der Waals surface area contributed by atoms with E-state index in [-0.39, 0.29) is 0 Å². The molecule has 0 N–H and O–H groups in total. The van der Waals surface area contributed by atoms with Crippen LogP contribution in [0.3, 0.4) is 0 Å². The van der Waals surface area contributed by atoms with Crippen molar-refractivity contribution in [3.63, 3.8) is 0 Å². The van der Waals surface area contributed by atoms with Gasteiger partial charge in [-0.05, 0) is 18.8 Å². The molecular formula is C15H26N4. The summed E-state index contributed by atoms with van der Waals surface area (Å²) in [5.41, 5.74) is 1.35. The maximum Gasteiger partial charge on any atom is 0.0534 e. The van der Waals surface area contributed by atoms with Crippen LogP contribution in [0.4, 0.5) is 0 Å². The first-order chi connectivity index (χ1) is 9.13. The molecule has 2 aliphatic rings. The Morgan fingerprint density at radius 3 is 2.53 bits per heavy atom. The highest BCUT2D eigenvalue weighted by atomic mass is 15.3. The fourth-order valence-electron chi connectivity index (χ4n) is 3.84. The summed E-state index contributed by atoms with van der Waals surface area (Å²) >= 11 is 0. The number of fused-ring (bicyclic) bond motifs is 1. The van der Waals surface area contributed by atoms with Crippen LogP contribution in [0.1, 0.15) is 32.3 Å². The Labute approximate surface area is 116 Å². The van der Waals surface area contributed by atoms with Crippen LogP contribution in [0.5, 0.6) is 0 Å². The molecule has 0 spiro atoms. The van der Waals surface area contributed by atoms with Crippen LogP contribution in [0.2, 0.25) is 0 Å². The van der Waals surface area contributed by atoms with Crippen molar-refractivity contribution < 1.29 is 0 Å². The molecule has 106 valence electrons. The van der Waals surface area contributed by atoms with Gasteiger partial charge in [-0.1, -0.05) is 13.8 Å². The van der Waals surface area contributed by atoms with Crippen LogP contribution < -0.4 is 0 Å². The molecule has 0 amide bonds. The number of hydrogen-bond acceptors (Lipinski definition) is 3. The van der Waals surface area contributed by atoms with Crippen molar-refractivity contribution in [3.8, 4) is 0 Å². The molecule has 0 bridgehead atoms. The molecule has 1 aromatic heterocycles. The van der Waals surface area contributed by atoms with Gasteiger partial charge in [-0.3, -0.25) is 14.5 Å². The number of aryl methyl sites for hydroxylation is 1. The molecule has 4 heteroatoms. The van der Waals surface area contributed by atoms with Gasteiger partial charge < -0.3 is 0 Å². The molecule has 0 aromatic carbocycles. The van der Waals surface area contributed by atoms with E-state index in [1.165, 1.54) is 38.0 Å². The lowest BCUT2D eigenvalue weighted by atomic mass is 10.1. The molecule has 2 atom stereocenters. The van der Waals surface area contributed by atoms with Crippen LogP contribution in [0, 0.1) is 5.92 Å². The second-order valence-corrected chi connectivity index (χ2v) is 6.59. The topological polar surface area (TPSA) is 24.3 Å². The normalized spacial score (nSPS) is 28.4. The van der Waals surface area contributed by atoms with Crippen LogP contribution in [-0.2, 0) is 13.6 Å². The maximum atomic E-state index is 4.28. The second-order valence-electron chi connectivity index (χ2n) is 6.59. The summed E-state index contributed by atoms with van der Waals surface area (Å²) in [6.45, 7) is 9.54. The highest BCUT2D eigenvalue weighted by Crippen LogP contribution is 2.32. The van der Waals surface area contributed by atoms with Crippen molar-refractivity contribution in [3.05, 3.63) is 18.0 Å².